The predicted molar refractivity (Wildman–Crippen MR) is 106 cm³/mol. The summed E-state index contributed by atoms with van der Waals surface area (Å²) in [6.07, 6.45) is 6.36. The van der Waals surface area contributed by atoms with Gasteiger partial charge in [-0.3, -0.25) is 14.4 Å². The number of rotatable bonds is 6. The molecule has 0 aliphatic rings. The third-order valence-electron chi connectivity index (χ3n) is 3.79. The molecular weight excluding hydrogens is 342 g/mol. The third kappa shape index (κ3) is 4.83. The highest BCUT2D eigenvalue weighted by Crippen LogP contribution is 2.18. The molecule has 2 aromatic carbocycles. The second-order valence-electron chi connectivity index (χ2n) is 5.53. The molecule has 0 heterocycles. The summed E-state index contributed by atoms with van der Waals surface area (Å²) in [4.78, 5) is 37.7. The first kappa shape index (κ1) is 19.5. The van der Waals surface area contributed by atoms with Crippen LogP contribution in [0.2, 0.25) is 0 Å². The van der Waals surface area contributed by atoms with Crippen molar-refractivity contribution in [3.05, 3.63) is 72.3 Å². The zero-order chi connectivity index (χ0) is 19.8. The highest BCUT2D eigenvalue weighted by Gasteiger charge is 2.14. The normalized spacial score (nSPS) is 9.63. The molecule has 2 rings (SSSR count). The molecule has 0 radical (unpaired) electrons. The van der Waals surface area contributed by atoms with E-state index in [1.165, 1.54) is 11.0 Å². The van der Waals surface area contributed by atoms with Crippen LogP contribution in [0.5, 0.6) is 0 Å². The number of terminal acetylenes is 1. The minimum atomic E-state index is -0.378. The summed E-state index contributed by atoms with van der Waals surface area (Å²) >= 11 is 0. The number of hydrogen-bond acceptors (Lipinski definition) is 3. The van der Waals surface area contributed by atoms with Crippen LogP contribution in [0.25, 0.3) is 0 Å². The number of carbonyl (C=O) groups is 3. The van der Waals surface area contributed by atoms with Gasteiger partial charge < -0.3 is 15.5 Å². The molecule has 0 atom stereocenters. The van der Waals surface area contributed by atoms with E-state index in [1.807, 2.05) is 0 Å². The minimum Gasteiger partial charge on any atom is -0.341 e. The molecule has 2 N–H and O–H groups in total. The second-order valence-corrected chi connectivity index (χ2v) is 5.53. The van der Waals surface area contributed by atoms with E-state index in [-0.39, 0.29) is 24.3 Å². The topological polar surface area (TPSA) is 78.5 Å². The first-order valence-electron chi connectivity index (χ1n) is 8.10. The summed E-state index contributed by atoms with van der Waals surface area (Å²) in [7, 11) is 1.62. The van der Waals surface area contributed by atoms with Crippen molar-refractivity contribution in [2.75, 3.05) is 23.8 Å². The Morgan fingerprint density at radius 2 is 1.78 bits per heavy atom. The van der Waals surface area contributed by atoms with Gasteiger partial charge in [0.25, 0.3) is 11.8 Å². The molecule has 0 saturated heterocycles. The largest absolute Gasteiger partial charge is 0.341 e. The Bertz CT molecular complexity index is 911. The molecule has 0 aliphatic heterocycles. The van der Waals surface area contributed by atoms with Crippen LogP contribution in [0.15, 0.2) is 61.2 Å². The zero-order valence-electron chi connectivity index (χ0n) is 14.9. The highest BCUT2D eigenvalue weighted by molar-refractivity contribution is 6.09. The van der Waals surface area contributed by atoms with Gasteiger partial charge in [0.05, 0.1) is 17.8 Å². The number of carbonyl (C=O) groups excluding carboxylic acids is 3. The van der Waals surface area contributed by atoms with Gasteiger partial charge in [-0.25, -0.2) is 0 Å². The molecule has 6 nitrogen and oxygen atoms in total. The number of anilines is 2. The number of amides is 3. The molecular formula is C21H19N3O3. The fraction of sp³-hybridized carbons (Fsp3) is 0.0952. The van der Waals surface area contributed by atoms with Crippen molar-refractivity contribution in [1.29, 1.82) is 0 Å². The van der Waals surface area contributed by atoms with Gasteiger partial charge in [0.15, 0.2) is 0 Å². The number of nitrogens with zero attached hydrogens (tertiary/aromatic N) is 1. The van der Waals surface area contributed by atoms with Crippen molar-refractivity contribution in [3.63, 3.8) is 0 Å². The number of benzene rings is 2. The lowest BCUT2D eigenvalue weighted by Crippen LogP contribution is -2.25. The van der Waals surface area contributed by atoms with E-state index >= 15 is 0 Å². The van der Waals surface area contributed by atoms with Crippen molar-refractivity contribution in [3.8, 4) is 12.3 Å². The molecule has 2 aromatic rings. The Morgan fingerprint density at radius 1 is 1.11 bits per heavy atom. The SMILES string of the molecule is C#CCNC(=O)c1ccccc1NC(=O)c1ccc(N(C)C(=O)C=C)cc1. The molecule has 3 amide bonds. The summed E-state index contributed by atoms with van der Waals surface area (Å²) in [5.41, 5.74) is 1.71. The summed E-state index contributed by atoms with van der Waals surface area (Å²) in [6, 6.07) is 13.1. The van der Waals surface area contributed by atoms with Gasteiger partial charge in [0.2, 0.25) is 5.91 Å². The lowest BCUT2D eigenvalue weighted by Gasteiger charge is -2.15. The molecule has 0 unspecified atom stereocenters. The maximum absolute atomic E-state index is 12.5. The average Bonchev–Trinajstić information content (AvgIpc) is 2.71. The van der Waals surface area contributed by atoms with Crippen molar-refractivity contribution < 1.29 is 14.4 Å². The Morgan fingerprint density at radius 3 is 2.41 bits per heavy atom. The van der Waals surface area contributed by atoms with E-state index < -0.39 is 0 Å². The van der Waals surface area contributed by atoms with Crippen molar-refractivity contribution in [2.24, 2.45) is 0 Å². The monoisotopic (exact) mass is 361 g/mol. The molecule has 0 aromatic heterocycles. The lowest BCUT2D eigenvalue weighted by molar-refractivity contribution is -0.113. The quantitative estimate of drug-likeness (QED) is 0.613. The van der Waals surface area contributed by atoms with Gasteiger partial charge in [-0.1, -0.05) is 24.6 Å². The van der Waals surface area contributed by atoms with Gasteiger partial charge in [0, 0.05) is 18.3 Å². The maximum Gasteiger partial charge on any atom is 0.255 e. The van der Waals surface area contributed by atoms with Crippen LogP contribution in [-0.4, -0.2) is 31.3 Å². The Kier molecular flexibility index (Phi) is 6.50. The van der Waals surface area contributed by atoms with Crippen LogP contribution in [0.1, 0.15) is 20.7 Å². The average molecular weight is 361 g/mol. The fourth-order valence-electron chi connectivity index (χ4n) is 2.31. The van der Waals surface area contributed by atoms with Crippen molar-refractivity contribution in [2.45, 2.75) is 0 Å². The second kappa shape index (κ2) is 9.02. The molecule has 27 heavy (non-hydrogen) atoms. The van der Waals surface area contributed by atoms with Gasteiger partial charge in [-0.15, -0.1) is 6.42 Å². The van der Waals surface area contributed by atoms with Gasteiger partial charge >= 0.3 is 0 Å². The van der Waals surface area contributed by atoms with Crippen LogP contribution in [0, 0.1) is 12.3 Å². The van der Waals surface area contributed by atoms with Gasteiger partial charge in [-0.2, -0.15) is 0 Å². The van der Waals surface area contributed by atoms with E-state index in [0.29, 0.717) is 22.5 Å². The molecule has 0 saturated carbocycles. The summed E-state index contributed by atoms with van der Waals surface area (Å²) in [5, 5.41) is 5.28. The van der Waals surface area contributed by atoms with Crippen LogP contribution in [0.4, 0.5) is 11.4 Å². The fourth-order valence-corrected chi connectivity index (χ4v) is 2.31. The van der Waals surface area contributed by atoms with E-state index in [4.69, 9.17) is 6.42 Å². The lowest BCUT2D eigenvalue weighted by atomic mass is 10.1. The summed E-state index contributed by atoms with van der Waals surface area (Å²) in [5.74, 6) is 1.33. The molecule has 0 fully saturated rings. The van der Waals surface area contributed by atoms with E-state index in [2.05, 4.69) is 23.1 Å². The standard InChI is InChI=1S/C21H19N3O3/c1-4-14-22-21(27)17-8-6-7-9-18(17)23-20(26)15-10-12-16(13-11-15)24(3)19(25)5-2/h1,5-13H,2,14H2,3H3,(H,22,27)(H,23,26). The molecule has 0 bridgehead atoms. The van der Waals surface area contributed by atoms with Gasteiger partial charge in [-0.05, 0) is 42.5 Å². The third-order valence-corrected chi connectivity index (χ3v) is 3.79. The Balaban J connectivity index is 2.16. The number of para-hydroxylation sites is 1. The molecule has 136 valence electrons. The first-order chi connectivity index (χ1) is 13.0. The number of likely N-dealkylation sites (N-methyl/N-ethyl adjacent to an activating group) is 1. The Labute approximate surface area is 157 Å². The van der Waals surface area contributed by atoms with Crippen LogP contribution >= 0.6 is 0 Å². The maximum atomic E-state index is 12.5. The van der Waals surface area contributed by atoms with Crippen LogP contribution in [-0.2, 0) is 4.79 Å². The molecule has 0 aliphatic carbocycles. The highest BCUT2D eigenvalue weighted by atomic mass is 16.2. The number of hydrogen-bond donors (Lipinski definition) is 2. The number of nitrogens with one attached hydrogen (secondary N) is 2. The van der Waals surface area contributed by atoms with E-state index in [0.717, 1.165) is 0 Å². The summed E-state index contributed by atoms with van der Waals surface area (Å²) < 4.78 is 0. The molecule has 0 spiro atoms. The van der Waals surface area contributed by atoms with E-state index in [1.54, 1.807) is 55.6 Å². The zero-order valence-corrected chi connectivity index (χ0v) is 14.9. The molecule has 6 heteroatoms. The van der Waals surface area contributed by atoms with Crippen molar-refractivity contribution in [1.82, 2.24) is 5.32 Å². The van der Waals surface area contributed by atoms with Crippen LogP contribution in [0.3, 0.4) is 0 Å². The van der Waals surface area contributed by atoms with Crippen LogP contribution < -0.4 is 15.5 Å². The van der Waals surface area contributed by atoms with E-state index in [9.17, 15) is 14.4 Å². The Hall–Kier alpha value is -3.85. The summed E-state index contributed by atoms with van der Waals surface area (Å²) in [6.45, 7) is 3.54. The first-order valence-corrected chi connectivity index (χ1v) is 8.10. The van der Waals surface area contributed by atoms with Crippen molar-refractivity contribution >= 4 is 29.1 Å². The smallest absolute Gasteiger partial charge is 0.255 e. The van der Waals surface area contributed by atoms with Gasteiger partial charge in [0.1, 0.15) is 0 Å². The minimum absolute atomic E-state index is 0.0967. The predicted octanol–water partition coefficient (Wildman–Crippen LogP) is 2.45.